The van der Waals surface area contributed by atoms with Crippen LogP contribution in [0.4, 0.5) is 5.82 Å². The molecule has 29 heavy (non-hydrogen) atoms. The Kier molecular flexibility index (Phi) is 4.20. The smallest absolute Gasteiger partial charge is 0.253 e. The number of aromatic nitrogens is 4. The molecule has 1 aliphatic carbocycles. The van der Waals surface area contributed by atoms with Gasteiger partial charge in [0.1, 0.15) is 5.82 Å². The lowest BCUT2D eigenvalue weighted by Crippen LogP contribution is -2.12. The van der Waals surface area contributed by atoms with E-state index in [-0.39, 0.29) is 0 Å². The maximum atomic E-state index is 11.7. The molecule has 0 spiro atoms. The Hall–Kier alpha value is -3.74. The molecule has 0 atom stereocenters. The SMILES string of the molecule is NC(=O)c1cccc2c1cnn2-c1nc2c(c(NCc3ccccc3)n1)CCC2. The van der Waals surface area contributed by atoms with Gasteiger partial charge >= 0.3 is 0 Å². The zero-order chi connectivity index (χ0) is 19.8. The first-order chi connectivity index (χ1) is 14.2. The van der Waals surface area contributed by atoms with Crippen LogP contribution in [0.25, 0.3) is 16.9 Å². The molecule has 3 N–H and O–H groups in total. The number of rotatable bonds is 5. The number of benzene rings is 2. The van der Waals surface area contributed by atoms with E-state index in [1.165, 1.54) is 11.1 Å². The number of nitrogens with one attached hydrogen (secondary N) is 1. The molecule has 5 rings (SSSR count). The van der Waals surface area contributed by atoms with Gasteiger partial charge in [0, 0.05) is 17.5 Å². The highest BCUT2D eigenvalue weighted by Gasteiger charge is 2.21. The van der Waals surface area contributed by atoms with Crippen LogP contribution in [0.2, 0.25) is 0 Å². The van der Waals surface area contributed by atoms with Gasteiger partial charge in [0.15, 0.2) is 0 Å². The second kappa shape index (κ2) is 7.01. The van der Waals surface area contributed by atoms with Crippen LogP contribution in [0.15, 0.2) is 54.7 Å². The molecule has 2 aromatic carbocycles. The van der Waals surface area contributed by atoms with E-state index in [1.807, 2.05) is 24.3 Å². The summed E-state index contributed by atoms with van der Waals surface area (Å²) in [6.45, 7) is 0.690. The third kappa shape index (κ3) is 3.10. The van der Waals surface area contributed by atoms with Crippen molar-refractivity contribution in [3.05, 3.63) is 77.1 Å². The lowest BCUT2D eigenvalue weighted by Gasteiger charge is -2.13. The van der Waals surface area contributed by atoms with Crippen molar-refractivity contribution in [2.24, 2.45) is 5.73 Å². The number of hydrogen-bond donors (Lipinski definition) is 2. The quantitative estimate of drug-likeness (QED) is 0.551. The first kappa shape index (κ1) is 17.4. The summed E-state index contributed by atoms with van der Waals surface area (Å²) in [6, 6.07) is 15.6. The van der Waals surface area contributed by atoms with E-state index in [4.69, 9.17) is 15.7 Å². The summed E-state index contributed by atoms with van der Waals surface area (Å²) < 4.78 is 1.67. The summed E-state index contributed by atoms with van der Waals surface area (Å²) in [4.78, 5) is 21.3. The summed E-state index contributed by atoms with van der Waals surface area (Å²) in [5.41, 5.74) is 10.1. The summed E-state index contributed by atoms with van der Waals surface area (Å²) in [7, 11) is 0. The van der Waals surface area contributed by atoms with Gasteiger partial charge in [-0.05, 0) is 37.0 Å². The lowest BCUT2D eigenvalue weighted by molar-refractivity contribution is 0.100. The van der Waals surface area contributed by atoms with Crippen LogP contribution in [0.5, 0.6) is 0 Å². The highest BCUT2D eigenvalue weighted by molar-refractivity contribution is 6.05. The molecule has 0 bridgehead atoms. The highest BCUT2D eigenvalue weighted by Crippen LogP contribution is 2.28. The van der Waals surface area contributed by atoms with Gasteiger partial charge in [-0.15, -0.1) is 0 Å². The predicted molar refractivity (Wildman–Crippen MR) is 111 cm³/mol. The Bertz CT molecular complexity index is 1210. The van der Waals surface area contributed by atoms with Gasteiger partial charge < -0.3 is 11.1 Å². The van der Waals surface area contributed by atoms with E-state index < -0.39 is 5.91 Å². The van der Waals surface area contributed by atoms with E-state index >= 15 is 0 Å². The molecule has 144 valence electrons. The maximum absolute atomic E-state index is 11.7. The predicted octanol–water partition coefficient (Wildman–Crippen LogP) is 3.02. The van der Waals surface area contributed by atoms with E-state index in [2.05, 4.69) is 22.5 Å². The molecular formula is C22H20N6O. The molecule has 0 fully saturated rings. The number of carbonyl (C=O) groups is 1. The van der Waals surface area contributed by atoms with Gasteiger partial charge in [0.25, 0.3) is 5.95 Å². The van der Waals surface area contributed by atoms with E-state index in [0.717, 1.165) is 36.3 Å². The third-order valence-electron chi connectivity index (χ3n) is 5.29. The van der Waals surface area contributed by atoms with E-state index in [0.29, 0.717) is 23.4 Å². The molecule has 4 aromatic rings. The molecule has 0 unspecified atom stereocenters. The van der Waals surface area contributed by atoms with Crippen molar-refractivity contribution >= 4 is 22.6 Å². The van der Waals surface area contributed by atoms with Crippen molar-refractivity contribution in [2.75, 3.05) is 5.32 Å². The van der Waals surface area contributed by atoms with E-state index in [1.54, 1.807) is 23.0 Å². The molecule has 0 saturated carbocycles. The van der Waals surface area contributed by atoms with Gasteiger partial charge in [-0.1, -0.05) is 36.4 Å². The molecule has 7 heteroatoms. The van der Waals surface area contributed by atoms with Gasteiger partial charge in [0.05, 0.1) is 23.0 Å². The average molecular weight is 384 g/mol. The molecule has 2 heterocycles. The van der Waals surface area contributed by atoms with Gasteiger partial charge in [-0.2, -0.15) is 14.8 Å². The van der Waals surface area contributed by atoms with E-state index in [9.17, 15) is 4.79 Å². The highest BCUT2D eigenvalue weighted by atomic mass is 16.1. The van der Waals surface area contributed by atoms with Crippen LogP contribution >= 0.6 is 0 Å². The minimum absolute atomic E-state index is 0.442. The first-order valence-corrected chi connectivity index (χ1v) is 9.65. The number of aryl methyl sites for hydroxylation is 1. The number of nitrogens with zero attached hydrogens (tertiary/aromatic N) is 4. The summed E-state index contributed by atoms with van der Waals surface area (Å²) in [6.07, 6.45) is 4.61. The molecular weight excluding hydrogens is 364 g/mol. The Morgan fingerprint density at radius 2 is 1.93 bits per heavy atom. The minimum atomic E-state index is -0.477. The summed E-state index contributed by atoms with van der Waals surface area (Å²) >= 11 is 0. The topological polar surface area (TPSA) is 98.7 Å². The van der Waals surface area contributed by atoms with Crippen molar-refractivity contribution in [3.63, 3.8) is 0 Å². The van der Waals surface area contributed by atoms with Crippen LogP contribution in [0.1, 0.15) is 33.6 Å². The zero-order valence-electron chi connectivity index (χ0n) is 15.8. The van der Waals surface area contributed by atoms with Crippen molar-refractivity contribution in [3.8, 4) is 5.95 Å². The molecule has 2 aromatic heterocycles. The maximum Gasteiger partial charge on any atom is 0.253 e. The Morgan fingerprint density at radius 1 is 1.07 bits per heavy atom. The van der Waals surface area contributed by atoms with Gasteiger partial charge in [-0.3, -0.25) is 4.79 Å². The number of anilines is 1. The van der Waals surface area contributed by atoms with Crippen molar-refractivity contribution < 1.29 is 4.79 Å². The number of primary amides is 1. The molecule has 0 aliphatic heterocycles. The standard InChI is InChI=1S/C22H20N6O/c23-20(29)15-8-5-11-19-17(15)13-25-28(19)22-26-18-10-4-9-16(18)21(27-22)24-12-14-6-2-1-3-7-14/h1-3,5-8,11,13H,4,9-10,12H2,(H2,23,29)(H,24,26,27). The fourth-order valence-corrected chi connectivity index (χ4v) is 3.87. The largest absolute Gasteiger partial charge is 0.366 e. The Labute approximate surface area is 167 Å². The average Bonchev–Trinajstić information content (AvgIpc) is 3.39. The van der Waals surface area contributed by atoms with Crippen LogP contribution in [0, 0.1) is 0 Å². The lowest BCUT2D eigenvalue weighted by atomic mass is 10.1. The molecule has 0 radical (unpaired) electrons. The van der Waals surface area contributed by atoms with Crippen LogP contribution in [-0.2, 0) is 19.4 Å². The summed E-state index contributed by atoms with van der Waals surface area (Å²) in [5, 5.41) is 8.62. The van der Waals surface area contributed by atoms with Gasteiger partial charge in [0.2, 0.25) is 5.91 Å². The Balaban J connectivity index is 1.57. The number of nitrogens with two attached hydrogens (primary N) is 1. The van der Waals surface area contributed by atoms with Crippen molar-refractivity contribution in [2.45, 2.75) is 25.8 Å². The first-order valence-electron chi connectivity index (χ1n) is 9.65. The number of amides is 1. The van der Waals surface area contributed by atoms with Crippen LogP contribution in [0.3, 0.4) is 0 Å². The summed E-state index contributed by atoms with van der Waals surface area (Å²) in [5.74, 6) is 0.870. The van der Waals surface area contributed by atoms with Crippen LogP contribution in [-0.4, -0.2) is 25.7 Å². The van der Waals surface area contributed by atoms with Crippen LogP contribution < -0.4 is 11.1 Å². The normalized spacial score (nSPS) is 12.8. The molecule has 0 saturated heterocycles. The number of hydrogen-bond acceptors (Lipinski definition) is 5. The van der Waals surface area contributed by atoms with Crippen molar-refractivity contribution in [1.29, 1.82) is 0 Å². The fourth-order valence-electron chi connectivity index (χ4n) is 3.87. The molecule has 1 amide bonds. The third-order valence-corrected chi connectivity index (χ3v) is 5.29. The second-order valence-electron chi connectivity index (χ2n) is 7.15. The van der Waals surface area contributed by atoms with Gasteiger partial charge in [-0.25, -0.2) is 4.98 Å². The zero-order valence-corrected chi connectivity index (χ0v) is 15.8. The molecule has 1 aliphatic rings. The van der Waals surface area contributed by atoms with Crippen molar-refractivity contribution in [1.82, 2.24) is 19.7 Å². The Morgan fingerprint density at radius 3 is 2.76 bits per heavy atom. The molecule has 7 nitrogen and oxygen atoms in total. The second-order valence-corrected chi connectivity index (χ2v) is 7.15. The number of fused-ring (bicyclic) bond motifs is 2. The fraction of sp³-hybridized carbons (Fsp3) is 0.182. The number of carbonyl (C=O) groups excluding carboxylic acids is 1. The minimum Gasteiger partial charge on any atom is -0.366 e. The monoisotopic (exact) mass is 384 g/mol.